The van der Waals surface area contributed by atoms with Gasteiger partial charge in [-0.1, -0.05) is 0 Å². The second-order valence-corrected chi connectivity index (χ2v) is 6.07. The summed E-state index contributed by atoms with van der Waals surface area (Å²) in [7, 11) is 3.82. The molecule has 9 nitrogen and oxygen atoms in total. The van der Waals surface area contributed by atoms with E-state index >= 15 is 0 Å². The van der Waals surface area contributed by atoms with Crippen LogP contribution in [0.15, 0.2) is 0 Å². The Morgan fingerprint density at radius 1 is 0.760 bits per heavy atom. The van der Waals surface area contributed by atoms with Gasteiger partial charge in [-0.2, -0.15) is 0 Å². The number of carboxylic acid groups (broad SMARTS) is 1. The van der Waals surface area contributed by atoms with Crippen LogP contribution in [0.3, 0.4) is 0 Å². The molecule has 0 aromatic carbocycles. The molecule has 0 atom stereocenters. The molecule has 0 saturated heterocycles. The molecule has 0 rings (SSSR count). The standard InChI is InChI=1S/C8H14O4.C7H12O4.K.H2O/c1-8(2,7(10)12-4)5-6(9)11-3;1-7(2,4-5(8)9)6(10)11-3;;/h5H2,1-4H3;4H2,1-3H3,(H,8,9);;1H2/q;;+1;/p-1. The molecule has 0 amide bonds. The number of ether oxygens (including phenoxy) is 3. The van der Waals surface area contributed by atoms with Crippen molar-refractivity contribution >= 4 is 23.9 Å². The zero-order valence-corrected chi connectivity index (χ0v) is 19.3. The van der Waals surface area contributed by atoms with Crippen LogP contribution in [0.5, 0.6) is 0 Å². The second kappa shape index (κ2) is 14.6. The van der Waals surface area contributed by atoms with Crippen LogP contribution >= 0.6 is 0 Å². The van der Waals surface area contributed by atoms with E-state index in [1.165, 1.54) is 35.2 Å². The first-order valence-electron chi connectivity index (χ1n) is 6.79. The fourth-order valence-corrected chi connectivity index (χ4v) is 1.51. The van der Waals surface area contributed by atoms with Gasteiger partial charge in [-0.15, -0.1) is 0 Å². The maximum absolute atomic E-state index is 11.1. The molecule has 0 aliphatic heterocycles. The van der Waals surface area contributed by atoms with E-state index < -0.39 is 34.7 Å². The third kappa shape index (κ3) is 14.3. The number of hydrogen-bond donors (Lipinski definition) is 1. The molecule has 0 aromatic heterocycles. The van der Waals surface area contributed by atoms with Gasteiger partial charge in [0.25, 0.3) is 0 Å². The maximum atomic E-state index is 11.1. The van der Waals surface area contributed by atoms with Crippen molar-refractivity contribution in [3.8, 4) is 0 Å². The van der Waals surface area contributed by atoms with Crippen LogP contribution in [-0.2, 0) is 33.4 Å². The van der Waals surface area contributed by atoms with Crippen molar-refractivity contribution < 1.29 is 95.4 Å². The molecule has 2 N–H and O–H groups in total. The Balaban J connectivity index is -0.000000164. The average molecular weight is 390 g/mol. The van der Waals surface area contributed by atoms with Gasteiger partial charge < -0.3 is 24.8 Å². The van der Waals surface area contributed by atoms with Crippen LogP contribution in [0.25, 0.3) is 0 Å². The van der Waals surface area contributed by atoms with E-state index in [0.29, 0.717) is 0 Å². The van der Waals surface area contributed by atoms with Crippen LogP contribution in [0.1, 0.15) is 40.5 Å². The normalized spacial score (nSPS) is 9.88. The third-order valence-electron chi connectivity index (χ3n) is 2.88. The predicted molar refractivity (Wildman–Crippen MR) is 82.4 cm³/mol. The summed E-state index contributed by atoms with van der Waals surface area (Å²) in [6, 6.07) is 0. The number of carboxylic acids is 1. The van der Waals surface area contributed by atoms with E-state index in [4.69, 9.17) is 5.11 Å². The summed E-state index contributed by atoms with van der Waals surface area (Å²) in [4.78, 5) is 43.0. The van der Waals surface area contributed by atoms with E-state index in [1.54, 1.807) is 13.8 Å². The molecule has 0 spiro atoms. The van der Waals surface area contributed by atoms with Gasteiger partial charge in [0.15, 0.2) is 0 Å². The Labute approximate surface area is 190 Å². The van der Waals surface area contributed by atoms with Gasteiger partial charge in [-0.05, 0) is 27.7 Å². The summed E-state index contributed by atoms with van der Waals surface area (Å²) in [5.41, 5.74) is -1.73. The number of rotatable bonds is 6. The number of methoxy groups -OCH3 is 3. The molecule has 10 heteroatoms. The van der Waals surface area contributed by atoms with Gasteiger partial charge in [0.2, 0.25) is 0 Å². The van der Waals surface area contributed by atoms with E-state index in [2.05, 4.69) is 14.2 Å². The van der Waals surface area contributed by atoms with Crippen LogP contribution in [0.4, 0.5) is 0 Å². The SMILES string of the molecule is COC(=O)C(C)(C)CC(=O)O.COC(=O)CC(C)(C)C(=O)OC.[K+].[OH-]. The fraction of sp³-hybridized carbons (Fsp3) is 0.733. The third-order valence-corrected chi connectivity index (χ3v) is 2.88. The summed E-state index contributed by atoms with van der Waals surface area (Å²) in [6.45, 7) is 6.34. The first kappa shape index (κ1) is 32.2. The average Bonchev–Trinajstić information content (AvgIpc) is 2.43. The van der Waals surface area contributed by atoms with Crippen LogP contribution < -0.4 is 51.4 Å². The van der Waals surface area contributed by atoms with Crippen molar-refractivity contribution in [1.82, 2.24) is 0 Å². The monoisotopic (exact) mass is 390 g/mol. The zero-order chi connectivity index (χ0) is 18.8. The van der Waals surface area contributed by atoms with Gasteiger partial charge in [-0.3, -0.25) is 19.2 Å². The number of carbonyl (C=O) groups excluding carboxylic acids is 3. The molecule has 0 heterocycles. The summed E-state index contributed by atoms with van der Waals surface area (Å²) in [6.07, 6.45) is -0.171. The molecule has 0 aliphatic carbocycles. The van der Waals surface area contributed by atoms with Gasteiger partial charge >= 0.3 is 75.3 Å². The van der Waals surface area contributed by atoms with Crippen LogP contribution in [0.2, 0.25) is 0 Å². The van der Waals surface area contributed by atoms with Crippen LogP contribution in [-0.4, -0.2) is 55.8 Å². The van der Waals surface area contributed by atoms with Gasteiger partial charge in [0.1, 0.15) is 0 Å². The van der Waals surface area contributed by atoms with Crippen molar-refractivity contribution in [2.24, 2.45) is 10.8 Å². The molecule has 0 radical (unpaired) electrons. The number of aliphatic carboxylic acids is 1. The largest absolute Gasteiger partial charge is 1.00 e. The molecular formula is C15H27KO9. The summed E-state index contributed by atoms with van der Waals surface area (Å²) in [5, 5.41) is 8.39. The van der Waals surface area contributed by atoms with Gasteiger partial charge in [0.05, 0.1) is 45.0 Å². The van der Waals surface area contributed by atoms with E-state index in [9.17, 15) is 19.2 Å². The van der Waals surface area contributed by atoms with Crippen molar-refractivity contribution in [2.75, 3.05) is 21.3 Å². The summed E-state index contributed by atoms with van der Waals surface area (Å²) >= 11 is 0. The van der Waals surface area contributed by atoms with Gasteiger partial charge in [0, 0.05) is 0 Å². The number of hydrogen-bond acceptors (Lipinski definition) is 8. The summed E-state index contributed by atoms with van der Waals surface area (Å²) < 4.78 is 13.4. The minimum absolute atomic E-state index is 0. The number of esters is 3. The Morgan fingerprint density at radius 2 is 1.08 bits per heavy atom. The molecule has 0 fully saturated rings. The predicted octanol–water partition coefficient (Wildman–Crippen LogP) is -1.76. The number of carbonyl (C=O) groups is 4. The molecule has 25 heavy (non-hydrogen) atoms. The fourth-order valence-electron chi connectivity index (χ4n) is 1.51. The first-order valence-corrected chi connectivity index (χ1v) is 6.79. The molecular weight excluding hydrogens is 363 g/mol. The molecule has 0 aromatic rings. The van der Waals surface area contributed by atoms with Crippen molar-refractivity contribution in [3.05, 3.63) is 0 Å². The molecule has 0 aliphatic rings. The van der Waals surface area contributed by atoms with E-state index in [-0.39, 0.29) is 69.7 Å². The molecule has 0 saturated carbocycles. The zero-order valence-electron chi connectivity index (χ0n) is 16.2. The van der Waals surface area contributed by atoms with Crippen molar-refractivity contribution in [1.29, 1.82) is 0 Å². The minimum atomic E-state index is -1.000. The Bertz CT molecular complexity index is 444. The molecule has 0 unspecified atom stereocenters. The minimum Gasteiger partial charge on any atom is -0.870 e. The second-order valence-electron chi connectivity index (χ2n) is 6.07. The smallest absolute Gasteiger partial charge is 0.870 e. The van der Waals surface area contributed by atoms with E-state index in [0.717, 1.165) is 0 Å². The molecule has 142 valence electrons. The Hall–Kier alpha value is -0.524. The Morgan fingerprint density at radius 3 is 1.32 bits per heavy atom. The topological polar surface area (TPSA) is 146 Å². The molecule has 0 bridgehead atoms. The first-order chi connectivity index (χ1) is 10.3. The van der Waals surface area contributed by atoms with Crippen LogP contribution in [0, 0.1) is 10.8 Å². The van der Waals surface area contributed by atoms with Crippen molar-refractivity contribution in [3.63, 3.8) is 0 Å². The summed E-state index contributed by atoms with van der Waals surface area (Å²) in [5.74, 6) is -2.32. The quantitative estimate of drug-likeness (QED) is 0.316. The van der Waals surface area contributed by atoms with E-state index in [1.807, 2.05) is 0 Å². The van der Waals surface area contributed by atoms with Crippen molar-refractivity contribution in [2.45, 2.75) is 40.5 Å². The maximum Gasteiger partial charge on any atom is 1.00 e. The van der Waals surface area contributed by atoms with Gasteiger partial charge in [-0.25, -0.2) is 0 Å². The Kier molecular flexibility index (Phi) is 18.8.